The SMILES string of the molecule is C[C@@](Cc1nc2ccccc2s1)(C(=O)NC[C@H]1COc2ccccc2O1)c1ccccc1. The summed E-state index contributed by atoms with van der Waals surface area (Å²) in [5, 5.41) is 4.05. The van der Waals surface area contributed by atoms with Crippen LogP contribution in [0, 0.1) is 0 Å². The average molecular weight is 445 g/mol. The van der Waals surface area contributed by atoms with Crippen molar-refractivity contribution >= 4 is 27.5 Å². The molecule has 5 nitrogen and oxygen atoms in total. The third kappa shape index (κ3) is 4.06. The van der Waals surface area contributed by atoms with Gasteiger partial charge in [-0.2, -0.15) is 0 Å². The van der Waals surface area contributed by atoms with E-state index in [9.17, 15) is 4.79 Å². The van der Waals surface area contributed by atoms with Crippen LogP contribution in [0.3, 0.4) is 0 Å². The van der Waals surface area contributed by atoms with Gasteiger partial charge in [0.15, 0.2) is 11.5 Å². The molecule has 32 heavy (non-hydrogen) atoms. The number of benzene rings is 3. The van der Waals surface area contributed by atoms with Crippen molar-refractivity contribution in [2.75, 3.05) is 13.2 Å². The summed E-state index contributed by atoms with van der Waals surface area (Å²) >= 11 is 1.64. The van der Waals surface area contributed by atoms with E-state index < -0.39 is 5.41 Å². The molecule has 0 bridgehead atoms. The molecule has 162 valence electrons. The minimum absolute atomic E-state index is 0.0505. The normalized spacial score (nSPS) is 17.0. The number of amides is 1. The fourth-order valence-electron chi connectivity index (χ4n) is 3.98. The highest BCUT2D eigenvalue weighted by atomic mass is 32.1. The number of ether oxygens (including phenoxy) is 2. The monoisotopic (exact) mass is 444 g/mol. The zero-order valence-corrected chi connectivity index (χ0v) is 18.6. The summed E-state index contributed by atoms with van der Waals surface area (Å²) in [5.41, 5.74) is 1.17. The maximum atomic E-state index is 13.5. The highest BCUT2D eigenvalue weighted by Crippen LogP contribution is 2.33. The molecule has 1 aromatic heterocycles. The molecule has 0 spiro atoms. The first-order valence-electron chi connectivity index (χ1n) is 10.7. The van der Waals surface area contributed by atoms with E-state index in [-0.39, 0.29) is 12.0 Å². The van der Waals surface area contributed by atoms with Gasteiger partial charge in [-0.1, -0.05) is 54.6 Å². The van der Waals surface area contributed by atoms with Gasteiger partial charge in [0.05, 0.1) is 27.2 Å². The molecule has 0 saturated carbocycles. The third-order valence-electron chi connectivity index (χ3n) is 5.81. The Labute approximate surface area is 191 Å². The summed E-state index contributed by atoms with van der Waals surface area (Å²) in [6.07, 6.45) is 0.281. The first kappa shape index (κ1) is 20.5. The molecule has 0 saturated heterocycles. The Balaban J connectivity index is 1.35. The van der Waals surface area contributed by atoms with Gasteiger partial charge in [-0.05, 0) is 36.8 Å². The van der Waals surface area contributed by atoms with E-state index in [1.54, 1.807) is 11.3 Å². The van der Waals surface area contributed by atoms with Crippen LogP contribution < -0.4 is 14.8 Å². The van der Waals surface area contributed by atoms with Crippen LogP contribution in [0.1, 0.15) is 17.5 Å². The summed E-state index contributed by atoms with van der Waals surface area (Å²) < 4.78 is 12.9. The average Bonchev–Trinajstić information content (AvgIpc) is 3.25. The fourth-order valence-corrected chi connectivity index (χ4v) is 5.11. The number of nitrogens with zero attached hydrogens (tertiary/aromatic N) is 1. The smallest absolute Gasteiger partial charge is 0.230 e. The number of carbonyl (C=O) groups is 1. The topological polar surface area (TPSA) is 60.5 Å². The molecular weight excluding hydrogens is 420 g/mol. The van der Waals surface area contributed by atoms with Crippen molar-refractivity contribution in [3.05, 3.63) is 89.4 Å². The summed E-state index contributed by atoms with van der Waals surface area (Å²) in [5.74, 6) is 1.39. The largest absolute Gasteiger partial charge is 0.486 e. The molecule has 1 N–H and O–H groups in total. The van der Waals surface area contributed by atoms with E-state index in [4.69, 9.17) is 14.5 Å². The van der Waals surface area contributed by atoms with Gasteiger partial charge in [-0.25, -0.2) is 4.98 Å². The van der Waals surface area contributed by atoms with Crippen molar-refractivity contribution in [2.24, 2.45) is 0 Å². The lowest BCUT2D eigenvalue weighted by atomic mass is 9.78. The molecule has 0 fully saturated rings. The Hall–Kier alpha value is -3.38. The van der Waals surface area contributed by atoms with E-state index in [1.807, 2.05) is 79.7 Å². The first-order chi connectivity index (χ1) is 15.6. The minimum Gasteiger partial charge on any atom is -0.486 e. The minimum atomic E-state index is -0.761. The fraction of sp³-hybridized carbons (Fsp3) is 0.231. The lowest BCUT2D eigenvalue weighted by Gasteiger charge is -2.31. The quantitative estimate of drug-likeness (QED) is 0.466. The molecule has 0 radical (unpaired) electrons. The van der Waals surface area contributed by atoms with Crippen LogP contribution in [0.25, 0.3) is 10.2 Å². The number of hydrogen-bond donors (Lipinski definition) is 1. The summed E-state index contributed by atoms with van der Waals surface area (Å²) in [6, 6.07) is 25.6. The number of thiazole rings is 1. The van der Waals surface area contributed by atoms with E-state index in [1.165, 1.54) is 0 Å². The highest BCUT2D eigenvalue weighted by molar-refractivity contribution is 7.18. The molecule has 3 aromatic carbocycles. The molecular formula is C26H24N2O3S. The zero-order valence-electron chi connectivity index (χ0n) is 17.8. The van der Waals surface area contributed by atoms with Gasteiger partial charge in [0.25, 0.3) is 0 Å². The number of aromatic nitrogens is 1. The molecule has 1 aliphatic heterocycles. The van der Waals surface area contributed by atoms with Crippen molar-refractivity contribution < 1.29 is 14.3 Å². The molecule has 0 unspecified atom stereocenters. The predicted molar refractivity (Wildman–Crippen MR) is 126 cm³/mol. The first-order valence-corrected chi connectivity index (χ1v) is 11.5. The van der Waals surface area contributed by atoms with E-state index >= 15 is 0 Å². The van der Waals surface area contributed by atoms with E-state index in [0.717, 1.165) is 26.5 Å². The number of carbonyl (C=O) groups excluding carboxylic acids is 1. The number of nitrogens with one attached hydrogen (secondary N) is 1. The molecule has 2 atom stereocenters. The number of fused-ring (bicyclic) bond motifs is 2. The van der Waals surface area contributed by atoms with Gasteiger partial charge in [-0.3, -0.25) is 4.79 Å². The number of para-hydroxylation sites is 3. The molecule has 2 heterocycles. The predicted octanol–water partition coefficient (Wildman–Crippen LogP) is 4.75. The van der Waals surface area contributed by atoms with Crippen LogP contribution in [0.15, 0.2) is 78.9 Å². The van der Waals surface area contributed by atoms with Crippen molar-refractivity contribution in [3.8, 4) is 11.5 Å². The van der Waals surface area contributed by atoms with Crippen LogP contribution >= 0.6 is 11.3 Å². The van der Waals surface area contributed by atoms with Crippen LogP contribution in [-0.2, 0) is 16.6 Å². The molecule has 0 aliphatic carbocycles. The molecule has 5 rings (SSSR count). The van der Waals surface area contributed by atoms with Crippen molar-refractivity contribution in [1.29, 1.82) is 0 Å². The Kier molecular flexibility index (Phi) is 5.53. The standard InChI is InChI=1S/C26H24N2O3S/c1-26(18-9-3-2-4-10-18,15-24-28-20-11-5-8-14-23(20)32-24)25(29)27-16-19-17-30-21-12-6-7-13-22(21)31-19/h2-14,19H,15-17H2,1H3,(H,27,29)/t19-,26-/m0/s1. The van der Waals surface area contributed by atoms with Crippen molar-refractivity contribution in [3.63, 3.8) is 0 Å². The van der Waals surface area contributed by atoms with Crippen molar-refractivity contribution in [1.82, 2.24) is 10.3 Å². The lowest BCUT2D eigenvalue weighted by molar-refractivity contribution is -0.126. The Morgan fingerprint density at radius 1 is 1.03 bits per heavy atom. The van der Waals surface area contributed by atoms with E-state index in [2.05, 4.69) is 11.4 Å². The molecule has 1 amide bonds. The van der Waals surface area contributed by atoms with Gasteiger partial charge >= 0.3 is 0 Å². The second-order valence-electron chi connectivity index (χ2n) is 8.16. The zero-order chi connectivity index (χ0) is 22.0. The lowest BCUT2D eigenvalue weighted by Crippen LogP contribution is -2.48. The van der Waals surface area contributed by atoms with Crippen molar-refractivity contribution in [2.45, 2.75) is 24.9 Å². The second kappa shape index (κ2) is 8.63. The summed E-state index contributed by atoms with van der Waals surface area (Å²) in [7, 11) is 0. The van der Waals surface area contributed by atoms with E-state index in [0.29, 0.717) is 25.3 Å². The maximum absolute atomic E-state index is 13.5. The van der Waals surface area contributed by atoms with Gasteiger partial charge < -0.3 is 14.8 Å². The Morgan fingerprint density at radius 2 is 1.75 bits per heavy atom. The summed E-state index contributed by atoms with van der Waals surface area (Å²) in [4.78, 5) is 18.3. The van der Waals surface area contributed by atoms with Gasteiger partial charge in [-0.15, -0.1) is 11.3 Å². The van der Waals surface area contributed by atoms with Gasteiger partial charge in [0.1, 0.15) is 12.7 Å². The summed E-state index contributed by atoms with van der Waals surface area (Å²) in [6.45, 7) is 2.75. The Bertz CT molecular complexity index is 1210. The number of hydrogen-bond acceptors (Lipinski definition) is 5. The van der Waals surface area contributed by atoms with Crippen LogP contribution in [0.2, 0.25) is 0 Å². The van der Waals surface area contributed by atoms with Gasteiger partial charge in [0, 0.05) is 6.42 Å². The molecule has 1 aliphatic rings. The van der Waals surface area contributed by atoms with Crippen LogP contribution in [0.5, 0.6) is 11.5 Å². The second-order valence-corrected chi connectivity index (χ2v) is 9.27. The Morgan fingerprint density at radius 3 is 2.56 bits per heavy atom. The maximum Gasteiger partial charge on any atom is 0.230 e. The van der Waals surface area contributed by atoms with Gasteiger partial charge in [0.2, 0.25) is 5.91 Å². The van der Waals surface area contributed by atoms with Crippen LogP contribution in [-0.4, -0.2) is 30.1 Å². The molecule has 6 heteroatoms. The molecule has 4 aromatic rings. The number of rotatable bonds is 6. The third-order valence-corrected chi connectivity index (χ3v) is 6.85. The highest BCUT2D eigenvalue weighted by Gasteiger charge is 2.37. The van der Waals surface area contributed by atoms with Crippen LogP contribution in [0.4, 0.5) is 0 Å².